The molecule has 96 valence electrons. The van der Waals surface area contributed by atoms with Gasteiger partial charge in [-0.05, 0) is 14.1 Å². The van der Waals surface area contributed by atoms with Crippen molar-refractivity contribution in [2.45, 2.75) is 19.6 Å². The smallest absolute Gasteiger partial charge is 0.211 e. The van der Waals surface area contributed by atoms with E-state index in [2.05, 4.69) is 5.10 Å². The number of sulfonamides is 1. The first kappa shape index (κ1) is 12.5. The van der Waals surface area contributed by atoms with Crippen molar-refractivity contribution in [2.75, 3.05) is 20.4 Å². The Balaban J connectivity index is 2.32. The van der Waals surface area contributed by atoms with Crippen molar-refractivity contribution in [3.8, 4) is 0 Å². The van der Waals surface area contributed by atoms with Crippen LogP contribution in [0.5, 0.6) is 0 Å². The van der Waals surface area contributed by atoms with Crippen molar-refractivity contribution in [1.82, 2.24) is 19.0 Å². The lowest BCUT2D eigenvalue weighted by atomic mass is 10.2. The van der Waals surface area contributed by atoms with Crippen molar-refractivity contribution in [3.05, 3.63) is 17.0 Å². The summed E-state index contributed by atoms with van der Waals surface area (Å²) in [6, 6.07) is 0. The molecule has 0 bridgehead atoms. The van der Waals surface area contributed by atoms with Crippen LogP contribution in [-0.4, -0.2) is 47.8 Å². The summed E-state index contributed by atoms with van der Waals surface area (Å²) < 4.78 is 26.3. The molecule has 2 heterocycles. The molecule has 1 aliphatic heterocycles. The lowest BCUT2D eigenvalue weighted by Crippen LogP contribution is -2.25. The molecule has 0 fully saturated rings. The van der Waals surface area contributed by atoms with Crippen LogP contribution in [-0.2, 0) is 36.7 Å². The zero-order chi connectivity index (χ0) is 12.8. The van der Waals surface area contributed by atoms with Crippen LogP contribution in [0.1, 0.15) is 17.0 Å². The maximum atomic E-state index is 11.5. The average molecular weight is 258 g/mol. The summed E-state index contributed by atoms with van der Waals surface area (Å²) in [6.45, 7) is 1.62. The van der Waals surface area contributed by atoms with Crippen LogP contribution in [0.3, 0.4) is 0 Å². The molecular formula is C10H18N4O2S. The van der Waals surface area contributed by atoms with Gasteiger partial charge in [-0.2, -0.15) is 9.40 Å². The zero-order valence-electron chi connectivity index (χ0n) is 10.6. The van der Waals surface area contributed by atoms with E-state index in [1.807, 2.05) is 26.0 Å². The number of rotatable bonds is 3. The highest BCUT2D eigenvalue weighted by atomic mass is 32.2. The number of hydrogen-bond acceptors (Lipinski definition) is 4. The minimum absolute atomic E-state index is 0.436. The van der Waals surface area contributed by atoms with Crippen molar-refractivity contribution in [3.63, 3.8) is 0 Å². The Morgan fingerprint density at radius 2 is 2.00 bits per heavy atom. The molecular weight excluding hydrogens is 240 g/mol. The minimum Gasteiger partial charge on any atom is -0.303 e. The Hall–Kier alpha value is -0.920. The van der Waals surface area contributed by atoms with Gasteiger partial charge in [-0.1, -0.05) is 0 Å². The van der Waals surface area contributed by atoms with Gasteiger partial charge in [0.2, 0.25) is 10.0 Å². The number of aryl methyl sites for hydroxylation is 1. The second-order valence-corrected chi connectivity index (χ2v) is 6.75. The Morgan fingerprint density at radius 3 is 2.53 bits per heavy atom. The van der Waals surface area contributed by atoms with Crippen LogP contribution < -0.4 is 0 Å². The lowest BCUT2D eigenvalue weighted by Gasteiger charge is -2.13. The molecule has 0 amide bonds. The Bertz CT molecular complexity index is 533. The van der Waals surface area contributed by atoms with Crippen LogP contribution in [0.15, 0.2) is 0 Å². The van der Waals surface area contributed by atoms with Gasteiger partial charge in [-0.15, -0.1) is 0 Å². The van der Waals surface area contributed by atoms with Crippen LogP contribution in [0, 0.1) is 0 Å². The summed E-state index contributed by atoms with van der Waals surface area (Å²) in [4.78, 5) is 2.03. The standard InChI is InChI=1S/C10H18N4O2S/c1-12(2)6-9-8-5-14(17(4,15)16)7-10(8)13(3)11-9/h5-7H2,1-4H3. The number of hydrogen-bond donors (Lipinski definition) is 0. The SMILES string of the molecule is CN(C)Cc1nn(C)c2c1CN(S(C)(=O)=O)C2. The second kappa shape index (κ2) is 4.08. The number of fused-ring (bicyclic) bond motifs is 1. The molecule has 0 spiro atoms. The molecule has 0 saturated heterocycles. The number of aromatic nitrogens is 2. The average Bonchev–Trinajstić information content (AvgIpc) is 2.67. The van der Waals surface area contributed by atoms with E-state index in [-0.39, 0.29) is 0 Å². The van der Waals surface area contributed by atoms with Crippen molar-refractivity contribution >= 4 is 10.0 Å². The summed E-state index contributed by atoms with van der Waals surface area (Å²) in [5.74, 6) is 0. The largest absolute Gasteiger partial charge is 0.303 e. The van der Waals surface area contributed by atoms with Crippen molar-refractivity contribution < 1.29 is 8.42 Å². The van der Waals surface area contributed by atoms with E-state index in [0.717, 1.165) is 23.5 Å². The van der Waals surface area contributed by atoms with Crippen LogP contribution in [0.2, 0.25) is 0 Å². The third kappa shape index (κ3) is 2.36. The van der Waals surface area contributed by atoms with Gasteiger partial charge in [0, 0.05) is 25.7 Å². The van der Waals surface area contributed by atoms with Crippen LogP contribution in [0.4, 0.5) is 0 Å². The highest BCUT2D eigenvalue weighted by Crippen LogP contribution is 2.27. The first-order valence-electron chi connectivity index (χ1n) is 5.42. The third-order valence-corrected chi connectivity index (χ3v) is 4.15. The summed E-state index contributed by atoms with van der Waals surface area (Å²) >= 11 is 0. The van der Waals surface area contributed by atoms with E-state index >= 15 is 0 Å². The first-order valence-corrected chi connectivity index (χ1v) is 7.27. The molecule has 0 atom stereocenters. The van der Waals surface area contributed by atoms with Gasteiger partial charge in [0.1, 0.15) is 0 Å². The predicted molar refractivity (Wildman–Crippen MR) is 64.7 cm³/mol. The highest BCUT2D eigenvalue weighted by molar-refractivity contribution is 7.88. The monoisotopic (exact) mass is 258 g/mol. The topological polar surface area (TPSA) is 58.4 Å². The van der Waals surface area contributed by atoms with E-state index in [1.54, 1.807) is 4.68 Å². The van der Waals surface area contributed by atoms with E-state index in [0.29, 0.717) is 13.1 Å². The van der Waals surface area contributed by atoms with E-state index in [1.165, 1.54) is 10.6 Å². The van der Waals surface area contributed by atoms with Gasteiger partial charge >= 0.3 is 0 Å². The Kier molecular flexibility index (Phi) is 3.01. The maximum absolute atomic E-state index is 11.5. The van der Waals surface area contributed by atoms with Crippen LogP contribution in [0.25, 0.3) is 0 Å². The van der Waals surface area contributed by atoms with Crippen molar-refractivity contribution in [1.29, 1.82) is 0 Å². The van der Waals surface area contributed by atoms with Gasteiger partial charge in [0.05, 0.1) is 24.2 Å². The molecule has 0 aromatic carbocycles. The van der Waals surface area contributed by atoms with Gasteiger partial charge < -0.3 is 4.90 Å². The fourth-order valence-corrected chi connectivity index (χ4v) is 2.82. The molecule has 0 N–H and O–H groups in total. The summed E-state index contributed by atoms with van der Waals surface area (Å²) in [5.41, 5.74) is 3.04. The molecule has 0 saturated carbocycles. The quantitative estimate of drug-likeness (QED) is 0.750. The van der Waals surface area contributed by atoms with Crippen LogP contribution >= 0.6 is 0 Å². The molecule has 1 aromatic heterocycles. The van der Waals surface area contributed by atoms with Gasteiger partial charge in [-0.25, -0.2) is 8.42 Å². The normalized spacial score (nSPS) is 16.8. The molecule has 7 heteroatoms. The van der Waals surface area contributed by atoms with Gasteiger partial charge in [-0.3, -0.25) is 4.68 Å². The van der Waals surface area contributed by atoms with Gasteiger partial charge in [0.25, 0.3) is 0 Å². The van der Waals surface area contributed by atoms with Gasteiger partial charge in [0.15, 0.2) is 0 Å². The molecule has 0 unspecified atom stereocenters. The van der Waals surface area contributed by atoms with Crippen molar-refractivity contribution in [2.24, 2.45) is 7.05 Å². The fourth-order valence-electron chi connectivity index (χ4n) is 2.10. The van der Waals surface area contributed by atoms with E-state index < -0.39 is 10.0 Å². The van der Waals surface area contributed by atoms with E-state index in [4.69, 9.17) is 0 Å². The third-order valence-electron chi connectivity index (χ3n) is 2.95. The molecule has 2 rings (SSSR count). The lowest BCUT2D eigenvalue weighted by molar-refractivity contribution is 0.385. The summed E-state index contributed by atoms with van der Waals surface area (Å²) in [7, 11) is 2.69. The first-order chi connectivity index (χ1) is 7.79. The summed E-state index contributed by atoms with van der Waals surface area (Å²) in [6.07, 6.45) is 1.25. The zero-order valence-corrected chi connectivity index (χ0v) is 11.5. The number of nitrogens with zero attached hydrogens (tertiary/aromatic N) is 4. The summed E-state index contributed by atoms with van der Waals surface area (Å²) in [5, 5.41) is 4.44. The highest BCUT2D eigenvalue weighted by Gasteiger charge is 2.31. The molecule has 0 aliphatic carbocycles. The predicted octanol–water partition coefficient (Wildman–Crippen LogP) is -0.243. The fraction of sp³-hybridized carbons (Fsp3) is 0.700. The molecule has 6 nitrogen and oxygen atoms in total. The Morgan fingerprint density at radius 1 is 1.35 bits per heavy atom. The maximum Gasteiger partial charge on any atom is 0.211 e. The van der Waals surface area contributed by atoms with E-state index in [9.17, 15) is 8.42 Å². The molecule has 1 aromatic rings. The molecule has 17 heavy (non-hydrogen) atoms. The minimum atomic E-state index is -3.12. The second-order valence-electron chi connectivity index (χ2n) is 4.76. The molecule has 1 aliphatic rings. The Labute approximate surface area is 102 Å². The molecule has 0 radical (unpaired) electrons.